The maximum absolute atomic E-state index is 13.3. The molecule has 0 saturated carbocycles. The SMILES string of the molecule is O[C@@]1(CN2CCC(F)(F)CC2)CCN(Cc2ccc(OCCF)cc2)C1. The number of rotatable bonds is 7. The summed E-state index contributed by atoms with van der Waals surface area (Å²) in [7, 11) is 0. The van der Waals surface area contributed by atoms with E-state index >= 15 is 0 Å². The summed E-state index contributed by atoms with van der Waals surface area (Å²) < 4.78 is 43.9. The highest BCUT2D eigenvalue weighted by Gasteiger charge is 2.40. The van der Waals surface area contributed by atoms with E-state index in [0.29, 0.717) is 44.9 Å². The van der Waals surface area contributed by atoms with Gasteiger partial charge in [-0.25, -0.2) is 13.2 Å². The molecular weight excluding hydrogens is 345 g/mol. The van der Waals surface area contributed by atoms with Crippen molar-refractivity contribution in [2.24, 2.45) is 0 Å². The van der Waals surface area contributed by atoms with Crippen LogP contribution in [0.2, 0.25) is 0 Å². The molecule has 3 rings (SSSR count). The number of hydrogen-bond donors (Lipinski definition) is 1. The average molecular weight is 372 g/mol. The van der Waals surface area contributed by atoms with E-state index in [4.69, 9.17) is 4.74 Å². The van der Waals surface area contributed by atoms with E-state index in [-0.39, 0.29) is 19.4 Å². The van der Waals surface area contributed by atoms with Crippen LogP contribution in [0.25, 0.3) is 0 Å². The van der Waals surface area contributed by atoms with Crippen molar-refractivity contribution in [3.63, 3.8) is 0 Å². The van der Waals surface area contributed by atoms with Gasteiger partial charge in [0.15, 0.2) is 0 Å². The largest absolute Gasteiger partial charge is 0.491 e. The predicted molar refractivity (Wildman–Crippen MR) is 93.4 cm³/mol. The molecule has 0 aromatic heterocycles. The number of ether oxygens (including phenoxy) is 1. The van der Waals surface area contributed by atoms with E-state index < -0.39 is 18.2 Å². The first-order valence-corrected chi connectivity index (χ1v) is 9.20. The summed E-state index contributed by atoms with van der Waals surface area (Å²) in [5.74, 6) is -1.91. The molecule has 0 radical (unpaired) electrons. The van der Waals surface area contributed by atoms with Crippen LogP contribution < -0.4 is 4.74 Å². The zero-order valence-electron chi connectivity index (χ0n) is 15.0. The van der Waals surface area contributed by atoms with E-state index in [1.807, 2.05) is 29.2 Å². The van der Waals surface area contributed by atoms with Crippen LogP contribution in [0.4, 0.5) is 13.2 Å². The number of aliphatic hydroxyl groups is 1. The Morgan fingerprint density at radius 1 is 1.00 bits per heavy atom. The number of benzene rings is 1. The van der Waals surface area contributed by atoms with Crippen molar-refractivity contribution in [1.82, 2.24) is 9.80 Å². The van der Waals surface area contributed by atoms with Crippen molar-refractivity contribution in [3.8, 4) is 5.75 Å². The van der Waals surface area contributed by atoms with Gasteiger partial charge in [0.05, 0.1) is 5.60 Å². The molecule has 146 valence electrons. The van der Waals surface area contributed by atoms with Gasteiger partial charge in [-0.15, -0.1) is 0 Å². The molecule has 2 fully saturated rings. The number of hydrogen-bond acceptors (Lipinski definition) is 4. The Balaban J connectivity index is 1.47. The summed E-state index contributed by atoms with van der Waals surface area (Å²) in [5, 5.41) is 10.8. The Labute approximate surface area is 152 Å². The highest BCUT2D eigenvalue weighted by Crippen LogP contribution is 2.30. The van der Waals surface area contributed by atoms with Gasteiger partial charge < -0.3 is 9.84 Å². The second kappa shape index (κ2) is 8.15. The molecule has 2 heterocycles. The van der Waals surface area contributed by atoms with E-state index in [1.165, 1.54) is 0 Å². The lowest BCUT2D eigenvalue weighted by Gasteiger charge is -2.36. The maximum Gasteiger partial charge on any atom is 0.250 e. The fourth-order valence-corrected chi connectivity index (χ4v) is 3.76. The molecule has 0 aliphatic carbocycles. The highest BCUT2D eigenvalue weighted by molar-refractivity contribution is 5.27. The van der Waals surface area contributed by atoms with Gasteiger partial charge in [0.2, 0.25) is 0 Å². The lowest BCUT2D eigenvalue weighted by molar-refractivity contribution is -0.0724. The Hall–Kier alpha value is -1.31. The Bertz CT molecular complexity index is 575. The molecule has 4 nitrogen and oxygen atoms in total. The van der Waals surface area contributed by atoms with Crippen LogP contribution in [0.3, 0.4) is 0 Å². The van der Waals surface area contributed by atoms with Gasteiger partial charge in [-0.2, -0.15) is 0 Å². The molecule has 1 atom stereocenters. The quantitative estimate of drug-likeness (QED) is 0.798. The van der Waals surface area contributed by atoms with Crippen LogP contribution in [0, 0.1) is 0 Å². The van der Waals surface area contributed by atoms with Crippen molar-refractivity contribution < 1.29 is 23.0 Å². The second-order valence-corrected chi connectivity index (χ2v) is 7.50. The fourth-order valence-electron chi connectivity index (χ4n) is 3.76. The van der Waals surface area contributed by atoms with Gasteiger partial charge in [-0.1, -0.05) is 12.1 Å². The third kappa shape index (κ3) is 5.34. The van der Waals surface area contributed by atoms with Gasteiger partial charge in [0.25, 0.3) is 5.92 Å². The maximum atomic E-state index is 13.3. The van der Waals surface area contributed by atoms with Crippen LogP contribution >= 0.6 is 0 Å². The summed E-state index contributed by atoms with van der Waals surface area (Å²) in [6.07, 6.45) is 0.408. The number of nitrogens with zero attached hydrogens (tertiary/aromatic N) is 2. The Morgan fingerprint density at radius 2 is 1.65 bits per heavy atom. The van der Waals surface area contributed by atoms with Crippen LogP contribution in [-0.4, -0.2) is 72.4 Å². The topological polar surface area (TPSA) is 35.9 Å². The number of β-amino-alcohol motifs (C(OH)–C–C–N with tert-alkyl or cyclic N) is 1. The molecule has 0 bridgehead atoms. The highest BCUT2D eigenvalue weighted by atomic mass is 19.3. The molecule has 2 aliphatic rings. The Morgan fingerprint density at radius 3 is 2.31 bits per heavy atom. The molecule has 7 heteroatoms. The smallest absolute Gasteiger partial charge is 0.250 e. The number of halogens is 3. The number of alkyl halides is 3. The summed E-state index contributed by atoms with van der Waals surface area (Å²) in [5.41, 5.74) is 0.260. The van der Waals surface area contributed by atoms with Crippen molar-refractivity contribution >= 4 is 0 Å². The van der Waals surface area contributed by atoms with Crippen molar-refractivity contribution in [2.45, 2.75) is 37.3 Å². The van der Waals surface area contributed by atoms with E-state index in [1.54, 1.807) is 0 Å². The fraction of sp³-hybridized carbons (Fsp3) is 0.684. The van der Waals surface area contributed by atoms with Crippen LogP contribution in [0.1, 0.15) is 24.8 Å². The van der Waals surface area contributed by atoms with Crippen molar-refractivity contribution in [3.05, 3.63) is 29.8 Å². The lowest BCUT2D eigenvalue weighted by atomic mass is 10.00. The number of piperidine rings is 1. The van der Waals surface area contributed by atoms with Gasteiger partial charge >= 0.3 is 0 Å². The monoisotopic (exact) mass is 372 g/mol. The molecule has 1 aromatic rings. The zero-order chi connectivity index (χ0) is 18.6. The average Bonchev–Trinajstić information content (AvgIpc) is 2.97. The lowest BCUT2D eigenvalue weighted by Crippen LogP contribution is -2.49. The summed E-state index contributed by atoms with van der Waals surface area (Å²) in [6.45, 7) is 2.72. The van der Waals surface area contributed by atoms with Crippen LogP contribution in [-0.2, 0) is 6.54 Å². The molecule has 26 heavy (non-hydrogen) atoms. The first-order chi connectivity index (χ1) is 12.4. The normalized spacial score (nSPS) is 26.9. The molecule has 1 N–H and O–H groups in total. The first-order valence-electron chi connectivity index (χ1n) is 9.20. The van der Waals surface area contributed by atoms with E-state index in [9.17, 15) is 18.3 Å². The summed E-state index contributed by atoms with van der Waals surface area (Å²) >= 11 is 0. The zero-order valence-corrected chi connectivity index (χ0v) is 15.0. The molecule has 1 aromatic carbocycles. The van der Waals surface area contributed by atoms with Gasteiger partial charge in [-0.05, 0) is 24.1 Å². The molecule has 2 aliphatic heterocycles. The van der Waals surface area contributed by atoms with Crippen LogP contribution in [0.15, 0.2) is 24.3 Å². The van der Waals surface area contributed by atoms with Crippen molar-refractivity contribution in [1.29, 1.82) is 0 Å². The molecule has 0 spiro atoms. The van der Waals surface area contributed by atoms with Gasteiger partial charge in [0, 0.05) is 52.1 Å². The minimum Gasteiger partial charge on any atom is -0.491 e. The molecule has 2 saturated heterocycles. The second-order valence-electron chi connectivity index (χ2n) is 7.50. The van der Waals surface area contributed by atoms with Crippen molar-refractivity contribution in [2.75, 3.05) is 46.0 Å². The molecular formula is C19H27F3N2O2. The third-order valence-corrected chi connectivity index (χ3v) is 5.19. The molecule has 0 amide bonds. The Kier molecular flexibility index (Phi) is 6.10. The van der Waals surface area contributed by atoms with Gasteiger partial charge in [-0.3, -0.25) is 9.80 Å². The summed E-state index contributed by atoms with van der Waals surface area (Å²) in [4.78, 5) is 4.13. The standard InChI is InChI=1S/C19H27F3N2O2/c20-8-12-26-17-3-1-16(2-4-17)13-24-9-5-18(25,15-24)14-23-10-6-19(21,22)7-11-23/h1-4,25H,5-15H2/t18-/m1/s1. The minimum atomic E-state index is -2.55. The summed E-state index contributed by atoms with van der Waals surface area (Å²) in [6, 6.07) is 7.53. The van der Waals surface area contributed by atoms with Gasteiger partial charge in [0.1, 0.15) is 19.0 Å². The third-order valence-electron chi connectivity index (χ3n) is 5.19. The predicted octanol–water partition coefficient (Wildman–Crippen LogP) is 2.70. The minimum absolute atomic E-state index is 0.0565. The van der Waals surface area contributed by atoms with E-state index in [2.05, 4.69) is 4.90 Å². The van der Waals surface area contributed by atoms with Crippen LogP contribution in [0.5, 0.6) is 5.75 Å². The number of likely N-dealkylation sites (tertiary alicyclic amines) is 2. The first kappa shape index (κ1) is 19.5. The van der Waals surface area contributed by atoms with E-state index in [0.717, 1.165) is 12.1 Å². The molecule has 0 unspecified atom stereocenters.